The second-order valence-corrected chi connectivity index (χ2v) is 4.92. The van der Waals surface area contributed by atoms with Crippen molar-refractivity contribution in [2.45, 2.75) is 32.2 Å². The van der Waals surface area contributed by atoms with Crippen LogP contribution in [0.4, 0.5) is 4.79 Å². The molecule has 0 radical (unpaired) electrons. The maximum absolute atomic E-state index is 11.9. The van der Waals surface area contributed by atoms with Crippen molar-refractivity contribution >= 4 is 6.03 Å². The molecular weight excluding hydrogens is 228 g/mol. The summed E-state index contributed by atoms with van der Waals surface area (Å²) < 4.78 is 0. The first kappa shape index (κ1) is 12.7. The van der Waals surface area contributed by atoms with Gasteiger partial charge in [0, 0.05) is 19.1 Å². The van der Waals surface area contributed by atoms with Crippen LogP contribution in [0, 0.1) is 0 Å². The first-order valence-corrected chi connectivity index (χ1v) is 6.48. The van der Waals surface area contributed by atoms with Crippen LogP contribution in [0.15, 0.2) is 24.3 Å². The fraction of sp³-hybridized carbons (Fsp3) is 0.500. The minimum atomic E-state index is 0.0405. The molecule has 0 aliphatic carbocycles. The molecular formula is C14H20N2O2. The van der Waals surface area contributed by atoms with E-state index in [0.29, 0.717) is 0 Å². The van der Waals surface area contributed by atoms with Crippen LogP contribution in [0.5, 0.6) is 5.75 Å². The van der Waals surface area contributed by atoms with Crippen molar-refractivity contribution in [2.75, 3.05) is 13.1 Å². The van der Waals surface area contributed by atoms with Gasteiger partial charge < -0.3 is 15.3 Å². The highest BCUT2D eigenvalue weighted by Crippen LogP contribution is 2.12. The van der Waals surface area contributed by atoms with Crippen LogP contribution in [0.25, 0.3) is 0 Å². The number of nitrogens with one attached hydrogen (secondary N) is 1. The van der Waals surface area contributed by atoms with E-state index < -0.39 is 0 Å². The van der Waals surface area contributed by atoms with Gasteiger partial charge in [-0.2, -0.15) is 0 Å². The van der Waals surface area contributed by atoms with Gasteiger partial charge in [0.2, 0.25) is 0 Å². The summed E-state index contributed by atoms with van der Waals surface area (Å²) in [6.45, 7) is 3.75. The third-order valence-corrected chi connectivity index (χ3v) is 3.24. The molecule has 1 aromatic rings. The zero-order chi connectivity index (χ0) is 13.0. The lowest BCUT2D eigenvalue weighted by Gasteiger charge is -2.20. The smallest absolute Gasteiger partial charge is 0.317 e. The molecule has 1 atom stereocenters. The summed E-state index contributed by atoms with van der Waals surface area (Å²) in [6, 6.07) is 7.25. The van der Waals surface area contributed by atoms with Gasteiger partial charge in [0.25, 0.3) is 0 Å². The lowest BCUT2D eigenvalue weighted by molar-refractivity contribution is 0.205. The van der Waals surface area contributed by atoms with Gasteiger partial charge in [-0.25, -0.2) is 4.79 Å². The first-order valence-electron chi connectivity index (χ1n) is 6.48. The molecule has 0 bridgehead atoms. The van der Waals surface area contributed by atoms with E-state index >= 15 is 0 Å². The summed E-state index contributed by atoms with van der Waals surface area (Å²) >= 11 is 0. The van der Waals surface area contributed by atoms with Crippen molar-refractivity contribution in [1.82, 2.24) is 10.2 Å². The fourth-order valence-electron chi connectivity index (χ4n) is 2.26. The maximum Gasteiger partial charge on any atom is 0.317 e. The molecule has 4 nitrogen and oxygen atoms in total. The molecule has 4 heteroatoms. The van der Waals surface area contributed by atoms with Crippen LogP contribution < -0.4 is 5.32 Å². The number of phenols is 1. The molecule has 1 aliphatic heterocycles. The third-order valence-electron chi connectivity index (χ3n) is 3.24. The zero-order valence-corrected chi connectivity index (χ0v) is 10.7. The number of likely N-dealkylation sites (tertiary alicyclic amines) is 1. The quantitative estimate of drug-likeness (QED) is 0.861. The third kappa shape index (κ3) is 3.39. The summed E-state index contributed by atoms with van der Waals surface area (Å²) in [5.74, 6) is 0.271. The van der Waals surface area contributed by atoms with Crippen LogP contribution in [0.2, 0.25) is 0 Å². The minimum absolute atomic E-state index is 0.0405. The number of hydrogen-bond acceptors (Lipinski definition) is 2. The largest absolute Gasteiger partial charge is 0.508 e. The molecule has 0 saturated carbocycles. The number of hydrogen-bond donors (Lipinski definition) is 2. The molecule has 1 aromatic carbocycles. The Labute approximate surface area is 108 Å². The van der Waals surface area contributed by atoms with Gasteiger partial charge in [0.1, 0.15) is 5.75 Å². The number of carbonyl (C=O) groups is 1. The molecule has 18 heavy (non-hydrogen) atoms. The number of nitrogens with zero attached hydrogens (tertiary/aromatic N) is 1. The molecule has 2 N–H and O–H groups in total. The van der Waals surface area contributed by atoms with Gasteiger partial charge in [0.05, 0.1) is 0 Å². The molecule has 98 valence electrons. The Morgan fingerprint density at radius 3 is 2.56 bits per heavy atom. The Morgan fingerprint density at radius 2 is 1.94 bits per heavy atom. The molecule has 0 aromatic heterocycles. The number of rotatable bonds is 3. The van der Waals surface area contributed by atoms with Crippen LogP contribution in [-0.2, 0) is 6.42 Å². The Bertz CT molecular complexity index is 397. The fourth-order valence-corrected chi connectivity index (χ4v) is 2.26. The van der Waals surface area contributed by atoms with E-state index in [1.807, 2.05) is 24.0 Å². The molecule has 1 aliphatic rings. The van der Waals surface area contributed by atoms with Crippen molar-refractivity contribution in [3.8, 4) is 5.75 Å². The molecule has 2 rings (SSSR count). The van der Waals surface area contributed by atoms with Crippen LogP contribution in [0.1, 0.15) is 25.3 Å². The minimum Gasteiger partial charge on any atom is -0.508 e. The summed E-state index contributed by atoms with van der Waals surface area (Å²) in [6.07, 6.45) is 3.00. The van der Waals surface area contributed by atoms with Crippen LogP contribution >= 0.6 is 0 Å². The molecule has 0 unspecified atom stereocenters. The predicted molar refractivity (Wildman–Crippen MR) is 70.6 cm³/mol. The predicted octanol–water partition coefficient (Wildman–Crippen LogP) is 2.13. The van der Waals surface area contributed by atoms with Gasteiger partial charge in [-0.3, -0.25) is 0 Å². The van der Waals surface area contributed by atoms with Crippen LogP contribution in [0.3, 0.4) is 0 Å². The highest BCUT2D eigenvalue weighted by atomic mass is 16.3. The Hall–Kier alpha value is -1.71. The monoisotopic (exact) mass is 248 g/mol. The van der Waals surface area contributed by atoms with Crippen molar-refractivity contribution < 1.29 is 9.90 Å². The standard InChI is InChI=1S/C14H20N2O2/c1-11(10-12-4-6-13(17)7-5-12)15-14(18)16-8-2-3-9-16/h4-7,11,17H,2-3,8-10H2,1H3,(H,15,18)/t11-/m1/s1. The Morgan fingerprint density at radius 1 is 1.33 bits per heavy atom. The number of phenolic OH excluding ortho intramolecular Hbond substituents is 1. The van der Waals surface area contributed by atoms with E-state index in [1.165, 1.54) is 0 Å². The molecule has 0 spiro atoms. The number of urea groups is 1. The van der Waals surface area contributed by atoms with Crippen LogP contribution in [-0.4, -0.2) is 35.2 Å². The van der Waals surface area contributed by atoms with Crippen molar-refractivity contribution in [3.05, 3.63) is 29.8 Å². The summed E-state index contributed by atoms with van der Waals surface area (Å²) in [4.78, 5) is 13.7. The van der Waals surface area contributed by atoms with Gasteiger partial charge in [0.15, 0.2) is 0 Å². The highest BCUT2D eigenvalue weighted by Gasteiger charge is 2.19. The summed E-state index contributed by atoms with van der Waals surface area (Å²) in [5, 5.41) is 12.2. The summed E-state index contributed by atoms with van der Waals surface area (Å²) in [7, 11) is 0. The van der Waals surface area contributed by atoms with Gasteiger partial charge in [-0.05, 0) is 43.9 Å². The SMILES string of the molecule is C[C@H](Cc1ccc(O)cc1)NC(=O)N1CCCC1. The van der Waals surface area contributed by atoms with E-state index in [4.69, 9.17) is 0 Å². The average Bonchev–Trinajstić information content (AvgIpc) is 2.85. The zero-order valence-electron chi connectivity index (χ0n) is 10.7. The number of amides is 2. The molecule has 2 amide bonds. The van der Waals surface area contributed by atoms with E-state index in [1.54, 1.807) is 12.1 Å². The second-order valence-electron chi connectivity index (χ2n) is 4.92. The first-order chi connectivity index (χ1) is 8.65. The number of aromatic hydroxyl groups is 1. The number of benzene rings is 1. The van der Waals surface area contributed by atoms with E-state index in [2.05, 4.69) is 5.32 Å². The van der Waals surface area contributed by atoms with Crippen molar-refractivity contribution in [3.63, 3.8) is 0 Å². The van der Waals surface area contributed by atoms with E-state index in [-0.39, 0.29) is 17.8 Å². The lowest BCUT2D eigenvalue weighted by Crippen LogP contribution is -2.43. The van der Waals surface area contributed by atoms with Crippen molar-refractivity contribution in [1.29, 1.82) is 0 Å². The molecule has 1 fully saturated rings. The second kappa shape index (κ2) is 5.76. The Kier molecular flexibility index (Phi) is 4.07. The van der Waals surface area contributed by atoms with Crippen molar-refractivity contribution in [2.24, 2.45) is 0 Å². The maximum atomic E-state index is 11.9. The number of carbonyl (C=O) groups excluding carboxylic acids is 1. The highest BCUT2D eigenvalue weighted by molar-refractivity contribution is 5.74. The van der Waals surface area contributed by atoms with E-state index in [0.717, 1.165) is 37.9 Å². The van der Waals surface area contributed by atoms with Gasteiger partial charge in [-0.1, -0.05) is 12.1 Å². The van der Waals surface area contributed by atoms with Gasteiger partial charge >= 0.3 is 6.03 Å². The lowest BCUT2D eigenvalue weighted by atomic mass is 10.1. The Balaban J connectivity index is 1.82. The average molecular weight is 248 g/mol. The molecule has 1 saturated heterocycles. The topological polar surface area (TPSA) is 52.6 Å². The van der Waals surface area contributed by atoms with Gasteiger partial charge in [-0.15, -0.1) is 0 Å². The normalized spacial score (nSPS) is 16.6. The molecule has 1 heterocycles. The summed E-state index contributed by atoms with van der Waals surface area (Å²) in [5.41, 5.74) is 1.11. The van der Waals surface area contributed by atoms with E-state index in [9.17, 15) is 9.90 Å².